The molecule has 5 aromatic rings. The quantitative estimate of drug-likeness (QED) is 0.355. The van der Waals surface area contributed by atoms with Crippen LogP contribution in [0.4, 0.5) is 5.69 Å². The van der Waals surface area contributed by atoms with Crippen LogP contribution in [0.1, 0.15) is 5.56 Å². The summed E-state index contributed by atoms with van der Waals surface area (Å²) in [5, 5.41) is 4.14. The zero-order chi connectivity index (χ0) is 25.4. The number of nitrogens with zero attached hydrogens (tertiary/aromatic N) is 7. The van der Waals surface area contributed by atoms with Gasteiger partial charge in [-0.2, -0.15) is 17.6 Å². The number of nitrogens with two attached hydrogens (primary N) is 1. The molecule has 0 saturated heterocycles. The van der Waals surface area contributed by atoms with Crippen molar-refractivity contribution in [1.29, 1.82) is 0 Å². The maximum absolute atomic E-state index is 13.8. The first kappa shape index (κ1) is 23.2. The molecule has 4 aromatic heterocycles. The first-order valence-corrected chi connectivity index (χ1v) is 12.5. The van der Waals surface area contributed by atoms with E-state index in [1.54, 1.807) is 42.2 Å². The third kappa shape index (κ3) is 3.89. The summed E-state index contributed by atoms with van der Waals surface area (Å²) < 4.78 is 30.1. The largest absolute Gasteiger partial charge is 0.404 e. The molecule has 4 heterocycles. The van der Waals surface area contributed by atoms with Gasteiger partial charge in [-0.1, -0.05) is 12.1 Å². The molecule has 0 unspecified atom stereocenters. The number of aliphatic imine (C=N–C) groups is 1. The van der Waals surface area contributed by atoms with Gasteiger partial charge in [0.1, 0.15) is 16.7 Å². The average molecular weight is 501 g/mol. The molecule has 0 aliphatic heterocycles. The molecular formula is C25H24N8O2S. The molecule has 5 rings (SSSR count). The Morgan fingerprint density at radius 2 is 1.78 bits per heavy atom. The van der Waals surface area contributed by atoms with Gasteiger partial charge in [0.2, 0.25) is 0 Å². The maximum atomic E-state index is 13.8. The van der Waals surface area contributed by atoms with Crippen LogP contribution in [0.5, 0.6) is 0 Å². The van der Waals surface area contributed by atoms with E-state index < -0.39 is 10.0 Å². The topological polar surface area (TPSA) is 124 Å². The van der Waals surface area contributed by atoms with E-state index in [0.717, 1.165) is 20.9 Å². The Bertz CT molecular complexity index is 1750. The molecule has 11 heteroatoms. The molecule has 182 valence electrons. The van der Waals surface area contributed by atoms with Crippen molar-refractivity contribution in [2.75, 3.05) is 26.0 Å². The van der Waals surface area contributed by atoms with E-state index in [4.69, 9.17) is 5.73 Å². The third-order valence-corrected chi connectivity index (χ3v) is 7.43. The summed E-state index contributed by atoms with van der Waals surface area (Å²) in [6, 6.07) is 13.4. The standard InChI is InChI=1S/C25H24N8O2S/c1-27-12-20(11-26)19-10-23-22(28-13-19)14-30-33(23)36(34,35)25-15-29-24-9-6-18(16-32(24)25)17-4-7-21(8-5-17)31(2)3/h4-16H,26H2,1-3H3. The molecule has 0 bridgehead atoms. The lowest BCUT2D eigenvalue weighted by Crippen LogP contribution is -2.16. The molecule has 0 aliphatic rings. The van der Waals surface area contributed by atoms with E-state index in [2.05, 4.69) is 20.1 Å². The van der Waals surface area contributed by atoms with E-state index in [0.29, 0.717) is 27.8 Å². The lowest BCUT2D eigenvalue weighted by Gasteiger charge is -2.13. The predicted molar refractivity (Wildman–Crippen MR) is 142 cm³/mol. The highest BCUT2D eigenvalue weighted by molar-refractivity contribution is 7.90. The lowest BCUT2D eigenvalue weighted by atomic mass is 10.1. The summed E-state index contributed by atoms with van der Waals surface area (Å²) in [5.41, 5.74) is 11.1. The number of benzene rings is 1. The van der Waals surface area contributed by atoms with Crippen LogP contribution in [0.2, 0.25) is 0 Å². The third-order valence-electron chi connectivity index (χ3n) is 5.85. The Morgan fingerprint density at radius 3 is 2.47 bits per heavy atom. The second-order valence-corrected chi connectivity index (χ2v) is 10.0. The predicted octanol–water partition coefficient (Wildman–Crippen LogP) is 3.05. The Kier molecular flexibility index (Phi) is 5.77. The Hall–Kier alpha value is -4.51. The molecule has 1 aromatic carbocycles. The van der Waals surface area contributed by atoms with Crippen molar-refractivity contribution >= 4 is 44.2 Å². The number of hydrogen-bond donors (Lipinski definition) is 1. The normalized spacial score (nSPS) is 12.7. The number of allylic oxidation sites excluding steroid dienone is 1. The van der Waals surface area contributed by atoms with Gasteiger partial charge in [-0.3, -0.25) is 14.4 Å². The molecule has 10 nitrogen and oxygen atoms in total. The Balaban J connectivity index is 1.62. The number of hydrogen-bond acceptors (Lipinski definition) is 8. The first-order valence-electron chi connectivity index (χ1n) is 11.0. The molecular weight excluding hydrogens is 476 g/mol. The number of anilines is 1. The number of rotatable bonds is 6. The summed E-state index contributed by atoms with van der Waals surface area (Å²) in [6.45, 7) is 0. The number of aromatic nitrogens is 5. The van der Waals surface area contributed by atoms with Gasteiger partial charge in [-0.25, -0.2) is 4.98 Å². The van der Waals surface area contributed by atoms with E-state index in [-0.39, 0.29) is 5.03 Å². The number of fused-ring (bicyclic) bond motifs is 2. The Labute approximate surface area is 208 Å². The second kappa shape index (κ2) is 8.93. The van der Waals surface area contributed by atoms with Gasteiger partial charge in [0.05, 0.1) is 12.4 Å². The van der Waals surface area contributed by atoms with E-state index in [1.165, 1.54) is 18.6 Å². The molecule has 0 aliphatic carbocycles. The summed E-state index contributed by atoms with van der Waals surface area (Å²) in [5.74, 6) is 0. The second-order valence-electron chi connectivity index (χ2n) is 8.31. The minimum Gasteiger partial charge on any atom is -0.404 e. The number of pyridine rings is 2. The van der Waals surface area contributed by atoms with Crippen LogP contribution in [0.15, 0.2) is 83.5 Å². The summed E-state index contributed by atoms with van der Waals surface area (Å²) in [7, 11) is 1.47. The summed E-state index contributed by atoms with van der Waals surface area (Å²) >= 11 is 0. The summed E-state index contributed by atoms with van der Waals surface area (Å²) in [4.78, 5) is 14.7. The van der Waals surface area contributed by atoms with Crippen molar-refractivity contribution in [2.24, 2.45) is 10.7 Å². The van der Waals surface area contributed by atoms with Gasteiger partial charge < -0.3 is 10.6 Å². The average Bonchev–Trinajstić information content (AvgIpc) is 3.51. The van der Waals surface area contributed by atoms with Crippen molar-refractivity contribution in [1.82, 2.24) is 23.6 Å². The first-order chi connectivity index (χ1) is 17.3. The number of imidazole rings is 1. The van der Waals surface area contributed by atoms with Crippen LogP contribution in [0, 0.1) is 0 Å². The summed E-state index contributed by atoms with van der Waals surface area (Å²) in [6.07, 6.45) is 9.09. The molecule has 0 atom stereocenters. The molecule has 0 radical (unpaired) electrons. The van der Waals surface area contributed by atoms with Crippen LogP contribution in [-0.2, 0) is 10.0 Å². The van der Waals surface area contributed by atoms with Crippen LogP contribution < -0.4 is 10.6 Å². The van der Waals surface area contributed by atoms with E-state index in [9.17, 15) is 8.42 Å². The minimum absolute atomic E-state index is 0.00984. The fraction of sp³-hybridized carbons (Fsp3) is 0.120. The van der Waals surface area contributed by atoms with Crippen LogP contribution in [-0.4, -0.2) is 59.3 Å². The van der Waals surface area contributed by atoms with Gasteiger partial charge >= 0.3 is 10.0 Å². The molecule has 0 amide bonds. The molecule has 0 spiro atoms. The van der Waals surface area contributed by atoms with E-state index in [1.807, 2.05) is 49.3 Å². The highest BCUT2D eigenvalue weighted by Gasteiger charge is 2.25. The zero-order valence-electron chi connectivity index (χ0n) is 19.9. The molecule has 2 N–H and O–H groups in total. The maximum Gasteiger partial charge on any atom is 0.301 e. The molecule has 0 fully saturated rings. The van der Waals surface area contributed by atoms with Crippen molar-refractivity contribution in [2.45, 2.75) is 5.03 Å². The molecule has 36 heavy (non-hydrogen) atoms. The monoisotopic (exact) mass is 500 g/mol. The fourth-order valence-electron chi connectivity index (χ4n) is 3.95. The van der Waals surface area contributed by atoms with Gasteiger partial charge in [0.25, 0.3) is 0 Å². The van der Waals surface area contributed by atoms with Crippen LogP contribution in [0.25, 0.3) is 33.4 Å². The van der Waals surface area contributed by atoms with Crippen molar-refractivity contribution in [3.05, 3.63) is 79.0 Å². The van der Waals surface area contributed by atoms with Crippen molar-refractivity contribution < 1.29 is 8.42 Å². The van der Waals surface area contributed by atoms with Crippen molar-refractivity contribution in [3.8, 4) is 11.1 Å². The minimum atomic E-state index is -4.11. The highest BCUT2D eigenvalue weighted by atomic mass is 32.2. The SMILES string of the molecule is CN=CC(=CN)c1cnc2cnn(S(=O)(=O)c3cnc4ccc(-c5ccc(N(C)C)cc5)cn34)c2c1. The zero-order valence-corrected chi connectivity index (χ0v) is 20.8. The van der Waals surface area contributed by atoms with Crippen LogP contribution >= 0.6 is 0 Å². The Morgan fingerprint density at radius 1 is 1.03 bits per heavy atom. The van der Waals surface area contributed by atoms with Gasteiger partial charge in [0, 0.05) is 62.8 Å². The van der Waals surface area contributed by atoms with Crippen LogP contribution in [0.3, 0.4) is 0 Å². The fourth-order valence-corrected chi connectivity index (χ4v) is 5.28. The van der Waals surface area contributed by atoms with E-state index >= 15 is 0 Å². The highest BCUT2D eigenvalue weighted by Crippen LogP contribution is 2.26. The van der Waals surface area contributed by atoms with Gasteiger partial charge in [0.15, 0.2) is 5.03 Å². The van der Waals surface area contributed by atoms with Gasteiger partial charge in [-0.15, -0.1) is 0 Å². The lowest BCUT2D eigenvalue weighted by molar-refractivity contribution is 0.577. The molecule has 0 saturated carbocycles. The van der Waals surface area contributed by atoms with Crippen molar-refractivity contribution in [3.63, 3.8) is 0 Å². The smallest absolute Gasteiger partial charge is 0.301 e. The van der Waals surface area contributed by atoms with Gasteiger partial charge in [-0.05, 0) is 41.5 Å².